The lowest BCUT2D eigenvalue weighted by atomic mass is 9.70. The lowest BCUT2D eigenvalue weighted by molar-refractivity contribution is 0.00578. The van der Waals surface area contributed by atoms with Crippen molar-refractivity contribution in [3.8, 4) is 22.3 Å². The Kier molecular flexibility index (Phi) is 6.63. The standard InChI is InChI=1S/C41H42B2O4/c1-37(2)38(3,4)45-42(44-37)23-21-27-17-19-31-32-20-18-28(22-24-43-46-39(5,6)40(7,8)47-43)26-36(32)41(35(31)25-27)33-15-11-9-13-29(33)30-14-10-12-16-34(30)41/h9-26H,1-8H3/b23-21+,24-22+. The van der Waals surface area contributed by atoms with E-state index in [1.54, 1.807) is 0 Å². The molecule has 4 aromatic rings. The van der Waals surface area contributed by atoms with E-state index in [2.05, 4.69) is 152 Å². The fourth-order valence-electron chi connectivity index (χ4n) is 7.70. The Labute approximate surface area is 280 Å². The minimum absolute atomic E-state index is 0.377. The van der Waals surface area contributed by atoms with Crippen LogP contribution in [-0.2, 0) is 24.0 Å². The van der Waals surface area contributed by atoms with E-state index in [0.717, 1.165) is 11.1 Å². The third-order valence-electron chi connectivity index (χ3n) is 11.6. The monoisotopic (exact) mass is 620 g/mol. The van der Waals surface area contributed by atoms with Crippen molar-refractivity contribution in [3.63, 3.8) is 0 Å². The largest absolute Gasteiger partial charge is 0.487 e. The molecular weight excluding hydrogens is 578 g/mol. The molecule has 4 aromatic carbocycles. The molecule has 8 rings (SSSR count). The van der Waals surface area contributed by atoms with Crippen molar-refractivity contribution in [3.05, 3.63) is 130 Å². The predicted octanol–water partition coefficient (Wildman–Crippen LogP) is 9.32. The van der Waals surface area contributed by atoms with Crippen LogP contribution in [0.15, 0.2) is 96.9 Å². The maximum absolute atomic E-state index is 6.28. The summed E-state index contributed by atoms with van der Waals surface area (Å²) in [6.45, 7) is 16.7. The van der Waals surface area contributed by atoms with E-state index >= 15 is 0 Å². The predicted molar refractivity (Wildman–Crippen MR) is 193 cm³/mol. The van der Waals surface area contributed by atoms with Crippen LogP contribution in [0.1, 0.15) is 88.8 Å². The number of rotatable bonds is 4. The molecule has 4 nitrogen and oxygen atoms in total. The van der Waals surface area contributed by atoms with Crippen LogP contribution in [0.2, 0.25) is 0 Å². The molecule has 2 fully saturated rings. The molecule has 2 saturated heterocycles. The molecule has 6 heteroatoms. The second kappa shape index (κ2) is 10.2. The van der Waals surface area contributed by atoms with Gasteiger partial charge in [-0.3, -0.25) is 0 Å². The first-order valence-corrected chi connectivity index (χ1v) is 16.8. The van der Waals surface area contributed by atoms with Gasteiger partial charge in [0.05, 0.1) is 27.8 Å². The third kappa shape index (κ3) is 4.45. The molecule has 2 heterocycles. The third-order valence-corrected chi connectivity index (χ3v) is 11.6. The Morgan fingerprint density at radius 1 is 0.426 bits per heavy atom. The molecule has 4 aliphatic rings. The Hall–Kier alpha value is -3.67. The number of hydrogen-bond acceptors (Lipinski definition) is 4. The van der Waals surface area contributed by atoms with E-state index in [9.17, 15) is 0 Å². The van der Waals surface area contributed by atoms with Gasteiger partial charge in [0.2, 0.25) is 0 Å². The Morgan fingerprint density at radius 2 is 0.766 bits per heavy atom. The average molecular weight is 620 g/mol. The van der Waals surface area contributed by atoms with Crippen molar-refractivity contribution >= 4 is 26.4 Å². The highest BCUT2D eigenvalue weighted by molar-refractivity contribution is 6.53. The highest BCUT2D eigenvalue weighted by Gasteiger charge is 2.53. The molecule has 0 aromatic heterocycles. The zero-order chi connectivity index (χ0) is 33.0. The lowest BCUT2D eigenvalue weighted by Crippen LogP contribution is -2.41. The van der Waals surface area contributed by atoms with Gasteiger partial charge in [0.15, 0.2) is 0 Å². The van der Waals surface area contributed by atoms with E-state index in [1.807, 2.05) is 12.0 Å². The second-order valence-electron chi connectivity index (χ2n) is 15.4. The highest BCUT2D eigenvalue weighted by atomic mass is 16.7. The molecule has 2 aliphatic heterocycles. The zero-order valence-electron chi connectivity index (χ0n) is 28.7. The van der Waals surface area contributed by atoms with Crippen LogP contribution in [0.3, 0.4) is 0 Å². The van der Waals surface area contributed by atoms with Crippen LogP contribution in [0.5, 0.6) is 0 Å². The van der Waals surface area contributed by atoms with E-state index in [-0.39, 0.29) is 22.4 Å². The lowest BCUT2D eigenvalue weighted by Gasteiger charge is -2.32. The normalized spacial score (nSPS) is 21.9. The molecule has 0 N–H and O–H groups in total. The van der Waals surface area contributed by atoms with Gasteiger partial charge in [-0.15, -0.1) is 0 Å². The number of fused-ring (bicyclic) bond motifs is 10. The molecule has 0 amide bonds. The Balaban J connectivity index is 1.25. The van der Waals surface area contributed by atoms with Crippen LogP contribution in [0, 0.1) is 0 Å². The van der Waals surface area contributed by atoms with Crippen LogP contribution in [0.4, 0.5) is 0 Å². The van der Waals surface area contributed by atoms with Crippen molar-refractivity contribution in [2.24, 2.45) is 0 Å². The Bertz CT molecular complexity index is 1810. The van der Waals surface area contributed by atoms with E-state index in [4.69, 9.17) is 18.6 Å². The van der Waals surface area contributed by atoms with Gasteiger partial charge in [-0.1, -0.05) is 96.9 Å². The summed E-state index contributed by atoms with van der Waals surface area (Å²) in [4.78, 5) is 0. The molecule has 47 heavy (non-hydrogen) atoms. The number of benzene rings is 4. The van der Waals surface area contributed by atoms with E-state index in [1.165, 1.54) is 44.5 Å². The van der Waals surface area contributed by atoms with E-state index < -0.39 is 19.7 Å². The van der Waals surface area contributed by atoms with Crippen LogP contribution in [-0.4, -0.2) is 36.6 Å². The fraction of sp³-hybridized carbons (Fsp3) is 0.317. The summed E-state index contributed by atoms with van der Waals surface area (Å²) in [6, 6.07) is 31.6. The summed E-state index contributed by atoms with van der Waals surface area (Å²) in [6.07, 6.45) is 4.29. The summed E-state index contributed by atoms with van der Waals surface area (Å²) in [7, 11) is -0.795. The molecule has 0 radical (unpaired) electrons. The van der Waals surface area contributed by atoms with Gasteiger partial charge in [0.25, 0.3) is 0 Å². The fourth-order valence-corrected chi connectivity index (χ4v) is 7.70. The van der Waals surface area contributed by atoms with Crippen LogP contribution < -0.4 is 0 Å². The van der Waals surface area contributed by atoms with Crippen molar-refractivity contribution in [2.75, 3.05) is 0 Å². The molecule has 0 unspecified atom stereocenters. The molecule has 2 aliphatic carbocycles. The second-order valence-corrected chi connectivity index (χ2v) is 15.4. The first kappa shape index (κ1) is 30.6. The van der Waals surface area contributed by atoms with Gasteiger partial charge in [-0.25, -0.2) is 0 Å². The van der Waals surface area contributed by atoms with Gasteiger partial charge in [-0.2, -0.15) is 0 Å². The van der Waals surface area contributed by atoms with E-state index in [0.29, 0.717) is 0 Å². The quantitative estimate of drug-likeness (QED) is 0.184. The van der Waals surface area contributed by atoms with Crippen LogP contribution >= 0.6 is 0 Å². The van der Waals surface area contributed by atoms with Crippen molar-refractivity contribution in [1.82, 2.24) is 0 Å². The Morgan fingerprint density at radius 3 is 1.15 bits per heavy atom. The minimum Gasteiger partial charge on any atom is -0.400 e. The van der Waals surface area contributed by atoms with Crippen molar-refractivity contribution < 1.29 is 18.6 Å². The minimum atomic E-state index is -0.444. The molecule has 1 spiro atoms. The smallest absolute Gasteiger partial charge is 0.400 e. The molecule has 236 valence electrons. The molecular formula is C41H42B2O4. The maximum atomic E-state index is 6.28. The summed E-state index contributed by atoms with van der Waals surface area (Å²) >= 11 is 0. The summed E-state index contributed by atoms with van der Waals surface area (Å²) in [5.41, 5.74) is 10.6. The zero-order valence-corrected chi connectivity index (χ0v) is 28.7. The van der Waals surface area contributed by atoms with Gasteiger partial charge in [-0.05, 0) is 123 Å². The molecule has 0 saturated carbocycles. The SMILES string of the molecule is CC1(C)OB(/C=C/c2ccc3c(c2)C2(c4ccccc4-c4ccccc42)c2cc(/C=C/B4OC(C)(C)C(C)(C)O4)ccc2-3)OC1(C)C. The van der Waals surface area contributed by atoms with Crippen molar-refractivity contribution in [1.29, 1.82) is 0 Å². The van der Waals surface area contributed by atoms with Crippen LogP contribution in [0.25, 0.3) is 34.4 Å². The molecule has 0 atom stereocenters. The summed E-state index contributed by atoms with van der Waals surface area (Å²) in [5, 5.41) is 0. The highest BCUT2D eigenvalue weighted by Crippen LogP contribution is 2.63. The van der Waals surface area contributed by atoms with Gasteiger partial charge in [0.1, 0.15) is 0 Å². The molecule has 0 bridgehead atoms. The summed E-state index contributed by atoms with van der Waals surface area (Å²) in [5.74, 6) is 4.09. The summed E-state index contributed by atoms with van der Waals surface area (Å²) < 4.78 is 25.1. The number of hydrogen-bond donors (Lipinski definition) is 0. The first-order chi connectivity index (χ1) is 22.2. The van der Waals surface area contributed by atoms with Crippen molar-refractivity contribution in [2.45, 2.75) is 83.2 Å². The maximum Gasteiger partial charge on any atom is 0.487 e. The van der Waals surface area contributed by atoms with Gasteiger partial charge >= 0.3 is 14.2 Å². The van der Waals surface area contributed by atoms with Gasteiger partial charge in [0, 0.05) is 0 Å². The van der Waals surface area contributed by atoms with Gasteiger partial charge < -0.3 is 18.6 Å². The first-order valence-electron chi connectivity index (χ1n) is 16.8. The average Bonchev–Trinajstić information content (AvgIpc) is 3.63. The topological polar surface area (TPSA) is 36.9 Å².